The third-order valence-corrected chi connectivity index (χ3v) is 5.74. The number of nitrogens with zero attached hydrogens (tertiary/aromatic N) is 3. The Morgan fingerprint density at radius 2 is 1.77 bits per heavy atom. The normalized spacial score (nSPS) is 18.2. The zero-order valence-corrected chi connectivity index (χ0v) is 14.0. The highest BCUT2D eigenvalue weighted by molar-refractivity contribution is 7.11. The van der Waals surface area contributed by atoms with E-state index in [1.54, 1.807) is 23.2 Å². The molecule has 0 unspecified atom stereocenters. The predicted molar refractivity (Wildman–Crippen MR) is 85.9 cm³/mol. The van der Waals surface area contributed by atoms with E-state index in [1.807, 2.05) is 4.90 Å². The Morgan fingerprint density at radius 1 is 1.09 bits per heavy atom. The second-order valence-electron chi connectivity index (χ2n) is 6.07. The van der Waals surface area contributed by atoms with Crippen LogP contribution in [0.4, 0.5) is 0 Å². The number of rotatable bonds is 3. The molecule has 2 aliphatic rings. The summed E-state index contributed by atoms with van der Waals surface area (Å²) in [6.45, 7) is 4.22. The minimum atomic E-state index is 0.0977. The number of thiazole rings is 1. The van der Waals surface area contributed by atoms with Crippen molar-refractivity contribution in [1.82, 2.24) is 14.8 Å². The molecule has 0 aromatic carbocycles. The molecule has 0 radical (unpaired) electrons. The summed E-state index contributed by atoms with van der Waals surface area (Å²) in [4.78, 5) is 33.4. The molecule has 5 nitrogen and oxygen atoms in total. The smallest absolute Gasteiger partial charge is 0.223 e. The molecule has 120 valence electrons. The number of aromatic nitrogens is 1. The van der Waals surface area contributed by atoms with Crippen LogP contribution in [0.25, 0.3) is 0 Å². The van der Waals surface area contributed by atoms with Crippen molar-refractivity contribution < 1.29 is 9.59 Å². The Kier molecular flexibility index (Phi) is 4.76. The van der Waals surface area contributed by atoms with Crippen molar-refractivity contribution >= 4 is 23.2 Å². The lowest BCUT2D eigenvalue weighted by atomic mass is 10.0. The number of carbonyl (C=O) groups excluding carboxylic acids is 2. The van der Waals surface area contributed by atoms with Gasteiger partial charge in [-0.1, -0.05) is 0 Å². The highest BCUT2D eigenvalue weighted by atomic mass is 32.1. The van der Waals surface area contributed by atoms with Crippen LogP contribution in [0, 0.1) is 0 Å². The summed E-state index contributed by atoms with van der Waals surface area (Å²) in [7, 11) is 0. The van der Waals surface area contributed by atoms with E-state index >= 15 is 0 Å². The van der Waals surface area contributed by atoms with Gasteiger partial charge in [0.05, 0.1) is 10.7 Å². The molecule has 1 aliphatic carbocycles. The zero-order valence-electron chi connectivity index (χ0n) is 13.1. The summed E-state index contributed by atoms with van der Waals surface area (Å²) < 4.78 is 0. The van der Waals surface area contributed by atoms with Crippen molar-refractivity contribution in [2.24, 2.45) is 0 Å². The SMILES string of the molecule is CC(=O)N1CCN(C(=O)CCc2nc3c(s2)CCCC3)CC1. The van der Waals surface area contributed by atoms with E-state index in [2.05, 4.69) is 0 Å². The molecule has 6 heteroatoms. The fourth-order valence-corrected chi connectivity index (χ4v) is 4.31. The van der Waals surface area contributed by atoms with Gasteiger partial charge in [-0.2, -0.15) is 0 Å². The third kappa shape index (κ3) is 3.48. The molecular formula is C16H23N3O2S. The summed E-state index contributed by atoms with van der Waals surface area (Å²) in [6.07, 6.45) is 6.07. The van der Waals surface area contributed by atoms with E-state index in [9.17, 15) is 9.59 Å². The van der Waals surface area contributed by atoms with E-state index < -0.39 is 0 Å². The summed E-state index contributed by atoms with van der Waals surface area (Å²) in [5.41, 5.74) is 1.27. The number of hydrogen-bond acceptors (Lipinski definition) is 4. The average Bonchev–Trinajstić information content (AvgIpc) is 2.95. The van der Waals surface area contributed by atoms with Crippen LogP contribution in [0.3, 0.4) is 0 Å². The topological polar surface area (TPSA) is 53.5 Å². The van der Waals surface area contributed by atoms with Gasteiger partial charge in [-0.25, -0.2) is 4.98 Å². The first-order valence-corrected chi connectivity index (χ1v) is 8.96. The van der Waals surface area contributed by atoms with E-state index in [-0.39, 0.29) is 11.8 Å². The molecular weight excluding hydrogens is 298 g/mol. The average molecular weight is 321 g/mol. The molecule has 22 heavy (non-hydrogen) atoms. The number of piperazine rings is 1. The van der Waals surface area contributed by atoms with Crippen molar-refractivity contribution in [3.63, 3.8) is 0 Å². The molecule has 1 aliphatic heterocycles. The quantitative estimate of drug-likeness (QED) is 0.850. The molecule has 2 heterocycles. The van der Waals surface area contributed by atoms with Gasteiger partial charge >= 0.3 is 0 Å². The van der Waals surface area contributed by atoms with Gasteiger partial charge in [0.2, 0.25) is 11.8 Å². The van der Waals surface area contributed by atoms with Gasteiger partial charge in [0.15, 0.2) is 0 Å². The molecule has 1 saturated heterocycles. The van der Waals surface area contributed by atoms with Crippen molar-refractivity contribution in [2.45, 2.75) is 45.4 Å². The highest BCUT2D eigenvalue weighted by Gasteiger charge is 2.22. The Labute approximate surface area is 135 Å². The van der Waals surface area contributed by atoms with Crippen LogP contribution in [0.5, 0.6) is 0 Å². The molecule has 0 saturated carbocycles. The third-order valence-electron chi connectivity index (χ3n) is 4.52. The zero-order chi connectivity index (χ0) is 15.5. The molecule has 0 atom stereocenters. The summed E-state index contributed by atoms with van der Waals surface area (Å²) in [6, 6.07) is 0. The van der Waals surface area contributed by atoms with Crippen LogP contribution >= 0.6 is 11.3 Å². The van der Waals surface area contributed by atoms with Crippen LogP contribution in [0.15, 0.2) is 0 Å². The summed E-state index contributed by atoms with van der Waals surface area (Å²) in [5.74, 6) is 0.289. The number of fused-ring (bicyclic) bond motifs is 1. The number of amides is 2. The molecule has 1 aromatic rings. The van der Waals surface area contributed by atoms with E-state index in [0.717, 1.165) is 24.3 Å². The number of hydrogen-bond donors (Lipinski definition) is 0. The maximum atomic E-state index is 12.3. The minimum Gasteiger partial charge on any atom is -0.339 e. The van der Waals surface area contributed by atoms with Crippen molar-refractivity contribution in [2.75, 3.05) is 26.2 Å². The van der Waals surface area contributed by atoms with E-state index in [1.165, 1.54) is 23.4 Å². The highest BCUT2D eigenvalue weighted by Crippen LogP contribution is 2.27. The largest absolute Gasteiger partial charge is 0.339 e. The van der Waals surface area contributed by atoms with Crippen LogP contribution < -0.4 is 0 Å². The van der Waals surface area contributed by atoms with Gasteiger partial charge in [0, 0.05) is 50.8 Å². The van der Waals surface area contributed by atoms with Crippen LogP contribution in [-0.2, 0) is 28.9 Å². The maximum Gasteiger partial charge on any atom is 0.223 e. The molecule has 1 fully saturated rings. The Morgan fingerprint density at radius 3 is 2.45 bits per heavy atom. The molecule has 0 bridgehead atoms. The van der Waals surface area contributed by atoms with Crippen molar-refractivity contribution in [1.29, 1.82) is 0 Å². The van der Waals surface area contributed by atoms with Crippen LogP contribution in [0.2, 0.25) is 0 Å². The van der Waals surface area contributed by atoms with Crippen LogP contribution in [0.1, 0.15) is 41.8 Å². The molecule has 3 rings (SSSR count). The number of aryl methyl sites for hydroxylation is 3. The molecule has 0 spiro atoms. The van der Waals surface area contributed by atoms with Crippen LogP contribution in [-0.4, -0.2) is 52.8 Å². The Balaban J connectivity index is 1.48. The standard InChI is InChI=1S/C16H23N3O2S/c1-12(20)18-8-10-19(11-9-18)16(21)7-6-15-17-13-4-2-3-5-14(13)22-15/h2-11H2,1H3. The first-order valence-electron chi connectivity index (χ1n) is 8.14. The van der Waals surface area contributed by atoms with Gasteiger partial charge in [-0.15, -0.1) is 11.3 Å². The monoisotopic (exact) mass is 321 g/mol. The Hall–Kier alpha value is -1.43. The Bertz CT molecular complexity index is 538. The van der Waals surface area contributed by atoms with Gasteiger partial charge in [0.25, 0.3) is 0 Å². The van der Waals surface area contributed by atoms with Crippen molar-refractivity contribution in [3.05, 3.63) is 15.6 Å². The predicted octanol–water partition coefficient (Wildman–Crippen LogP) is 1.65. The van der Waals surface area contributed by atoms with Gasteiger partial charge in [0.1, 0.15) is 0 Å². The van der Waals surface area contributed by atoms with E-state index in [0.29, 0.717) is 32.6 Å². The first kappa shape index (κ1) is 15.5. The van der Waals surface area contributed by atoms with Gasteiger partial charge in [-0.05, 0) is 25.7 Å². The fraction of sp³-hybridized carbons (Fsp3) is 0.688. The maximum absolute atomic E-state index is 12.3. The molecule has 2 amide bonds. The lowest BCUT2D eigenvalue weighted by Gasteiger charge is -2.34. The molecule has 1 aromatic heterocycles. The second-order valence-corrected chi connectivity index (χ2v) is 7.24. The van der Waals surface area contributed by atoms with Crippen molar-refractivity contribution in [3.8, 4) is 0 Å². The minimum absolute atomic E-state index is 0.0977. The van der Waals surface area contributed by atoms with Gasteiger partial charge < -0.3 is 9.80 Å². The van der Waals surface area contributed by atoms with E-state index in [4.69, 9.17) is 4.98 Å². The lowest BCUT2D eigenvalue weighted by molar-refractivity contribution is -0.138. The fourth-order valence-electron chi connectivity index (χ4n) is 3.16. The number of carbonyl (C=O) groups is 2. The first-order chi connectivity index (χ1) is 10.6. The molecule has 0 N–H and O–H groups in total. The lowest BCUT2D eigenvalue weighted by Crippen LogP contribution is -2.50. The summed E-state index contributed by atoms with van der Waals surface area (Å²) in [5, 5.41) is 1.11. The van der Waals surface area contributed by atoms with Gasteiger partial charge in [-0.3, -0.25) is 9.59 Å². The second kappa shape index (κ2) is 6.77. The summed E-state index contributed by atoms with van der Waals surface area (Å²) >= 11 is 1.79.